The summed E-state index contributed by atoms with van der Waals surface area (Å²) in [6.45, 7) is 0.843. The first-order valence-electron chi connectivity index (χ1n) is 9.50. The molecule has 0 bridgehead atoms. The van der Waals surface area contributed by atoms with E-state index in [1.807, 2.05) is 35.7 Å². The molecule has 7 nitrogen and oxygen atoms in total. The number of ether oxygens (including phenoxy) is 1. The van der Waals surface area contributed by atoms with Crippen molar-refractivity contribution in [2.75, 3.05) is 25.0 Å². The van der Waals surface area contributed by atoms with Crippen LogP contribution >= 0.6 is 11.3 Å². The minimum absolute atomic E-state index is 0.0229. The number of thiophene rings is 1. The Hall–Kier alpha value is -2.87. The van der Waals surface area contributed by atoms with E-state index in [9.17, 15) is 14.4 Å². The fraction of sp³-hybridized carbons (Fsp3) is 0.381. The minimum Gasteiger partial charge on any atom is -0.485 e. The lowest BCUT2D eigenvalue weighted by Gasteiger charge is -2.23. The van der Waals surface area contributed by atoms with Crippen molar-refractivity contribution in [1.82, 2.24) is 4.90 Å². The van der Waals surface area contributed by atoms with E-state index in [4.69, 9.17) is 9.84 Å². The monoisotopic (exact) mass is 416 g/mol. The van der Waals surface area contributed by atoms with Gasteiger partial charge in [0.1, 0.15) is 17.6 Å². The molecule has 1 N–H and O–H groups in total. The van der Waals surface area contributed by atoms with E-state index in [0.717, 1.165) is 4.88 Å². The lowest BCUT2D eigenvalue weighted by atomic mass is 10.2. The Bertz CT molecular complexity index is 868. The van der Waals surface area contributed by atoms with Gasteiger partial charge in [-0.3, -0.25) is 9.59 Å². The molecule has 29 heavy (non-hydrogen) atoms. The molecule has 1 aromatic carbocycles. The maximum Gasteiger partial charge on any atom is 0.407 e. The van der Waals surface area contributed by atoms with Crippen molar-refractivity contribution in [2.24, 2.45) is 0 Å². The zero-order valence-electron chi connectivity index (χ0n) is 16.2. The Kier molecular flexibility index (Phi) is 6.87. The summed E-state index contributed by atoms with van der Waals surface area (Å²) in [5.74, 6) is 0.384. The second-order valence-electron chi connectivity index (χ2n) is 6.98. The fourth-order valence-electron chi connectivity index (χ4n) is 3.21. The first kappa shape index (κ1) is 20.9. The van der Waals surface area contributed by atoms with E-state index < -0.39 is 6.09 Å². The summed E-state index contributed by atoms with van der Waals surface area (Å²) in [5, 5.41) is 11.0. The van der Waals surface area contributed by atoms with Gasteiger partial charge in [-0.15, -0.1) is 11.3 Å². The molecule has 0 saturated carbocycles. The smallest absolute Gasteiger partial charge is 0.407 e. The molecule has 1 aliphatic rings. The van der Waals surface area contributed by atoms with Crippen LogP contribution in [0.5, 0.6) is 5.75 Å². The van der Waals surface area contributed by atoms with Gasteiger partial charge in [-0.1, -0.05) is 12.1 Å². The maximum atomic E-state index is 12.4. The van der Waals surface area contributed by atoms with Crippen molar-refractivity contribution >= 4 is 34.8 Å². The SMILES string of the molecule is CN(CCC(Oc1cccc(N2CCCC(=O)CC2=O)c1)c1cccs1)C(=O)O. The van der Waals surface area contributed by atoms with Gasteiger partial charge in [0.25, 0.3) is 0 Å². The van der Waals surface area contributed by atoms with Crippen molar-refractivity contribution < 1.29 is 24.2 Å². The number of anilines is 1. The number of hydrogen-bond donors (Lipinski definition) is 1. The van der Waals surface area contributed by atoms with Gasteiger partial charge < -0.3 is 19.6 Å². The summed E-state index contributed by atoms with van der Waals surface area (Å²) in [4.78, 5) is 39.0. The van der Waals surface area contributed by atoms with Crippen LogP contribution in [0.3, 0.4) is 0 Å². The van der Waals surface area contributed by atoms with Crippen LogP contribution in [0.25, 0.3) is 0 Å². The largest absolute Gasteiger partial charge is 0.485 e. The van der Waals surface area contributed by atoms with Crippen molar-refractivity contribution in [3.63, 3.8) is 0 Å². The summed E-state index contributed by atoms with van der Waals surface area (Å²) in [6.07, 6.45) is 0.236. The van der Waals surface area contributed by atoms with Gasteiger partial charge in [0.15, 0.2) is 0 Å². The van der Waals surface area contributed by atoms with Gasteiger partial charge >= 0.3 is 6.09 Å². The van der Waals surface area contributed by atoms with Crippen molar-refractivity contribution in [1.29, 1.82) is 0 Å². The average Bonchev–Trinajstić information content (AvgIpc) is 3.17. The highest BCUT2D eigenvalue weighted by molar-refractivity contribution is 7.10. The highest BCUT2D eigenvalue weighted by atomic mass is 32.1. The van der Waals surface area contributed by atoms with E-state index in [1.165, 1.54) is 11.9 Å². The molecule has 2 amide bonds. The van der Waals surface area contributed by atoms with Gasteiger partial charge in [0.05, 0.1) is 6.42 Å². The van der Waals surface area contributed by atoms with Crippen LogP contribution in [0.4, 0.5) is 10.5 Å². The number of hydrogen-bond acceptors (Lipinski definition) is 5. The molecule has 1 unspecified atom stereocenters. The molecule has 1 aliphatic heterocycles. The standard InChI is InChI=1S/C21H24N2O5S/c1-22(21(26)27)11-9-18(19-8-4-12-29-19)28-17-7-2-5-15(13-17)23-10-3-6-16(24)14-20(23)25/h2,4-5,7-8,12-13,18H,3,6,9-11,14H2,1H3,(H,26,27). The van der Waals surface area contributed by atoms with Crippen LogP contribution in [0.1, 0.15) is 36.7 Å². The third-order valence-electron chi connectivity index (χ3n) is 4.81. The normalized spacial score (nSPS) is 15.7. The summed E-state index contributed by atoms with van der Waals surface area (Å²) in [5.41, 5.74) is 0.704. The van der Waals surface area contributed by atoms with Crippen LogP contribution in [0, 0.1) is 0 Å². The number of amides is 2. The second-order valence-corrected chi connectivity index (χ2v) is 7.96. The van der Waals surface area contributed by atoms with Gasteiger partial charge in [-0.05, 0) is 30.0 Å². The van der Waals surface area contributed by atoms with Gasteiger partial charge in [0, 0.05) is 49.6 Å². The second kappa shape index (κ2) is 9.56. The number of ketones is 1. The van der Waals surface area contributed by atoms with Crippen LogP contribution in [-0.2, 0) is 9.59 Å². The Morgan fingerprint density at radius 3 is 2.86 bits per heavy atom. The molecule has 0 aliphatic carbocycles. The summed E-state index contributed by atoms with van der Waals surface area (Å²) >= 11 is 1.55. The van der Waals surface area contributed by atoms with Crippen LogP contribution in [0.2, 0.25) is 0 Å². The molecule has 154 valence electrons. The van der Waals surface area contributed by atoms with Gasteiger partial charge in [0.2, 0.25) is 5.91 Å². The van der Waals surface area contributed by atoms with E-state index in [0.29, 0.717) is 43.8 Å². The minimum atomic E-state index is -0.980. The van der Waals surface area contributed by atoms with E-state index in [-0.39, 0.29) is 24.2 Å². The predicted molar refractivity (Wildman–Crippen MR) is 111 cm³/mol. The van der Waals surface area contributed by atoms with Crippen molar-refractivity contribution in [2.45, 2.75) is 31.8 Å². The number of nitrogens with zero attached hydrogens (tertiary/aromatic N) is 2. The highest BCUT2D eigenvalue weighted by Crippen LogP contribution is 2.31. The van der Waals surface area contributed by atoms with Gasteiger partial charge in [-0.25, -0.2) is 4.79 Å². The Labute approximate surface area is 173 Å². The maximum absolute atomic E-state index is 12.4. The third kappa shape index (κ3) is 5.57. The number of rotatable bonds is 7. The molecule has 0 radical (unpaired) electrons. The average molecular weight is 416 g/mol. The number of carbonyl (C=O) groups excluding carboxylic acids is 2. The number of carbonyl (C=O) groups is 3. The lowest BCUT2D eigenvalue weighted by Crippen LogP contribution is -2.30. The molecule has 1 fully saturated rings. The molecule has 1 atom stereocenters. The first-order chi connectivity index (χ1) is 13.9. The molecule has 2 aromatic rings. The summed E-state index contributed by atoms with van der Waals surface area (Å²) < 4.78 is 6.19. The fourth-order valence-corrected chi connectivity index (χ4v) is 4.00. The Morgan fingerprint density at radius 1 is 1.31 bits per heavy atom. The molecule has 2 heterocycles. The Morgan fingerprint density at radius 2 is 2.14 bits per heavy atom. The van der Waals surface area contributed by atoms with Crippen molar-refractivity contribution in [3.8, 4) is 5.75 Å². The van der Waals surface area contributed by atoms with E-state index in [2.05, 4.69) is 0 Å². The van der Waals surface area contributed by atoms with Gasteiger partial charge in [-0.2, -0.15) is 0 Å². The van der Waals surface area contributed by atoms with Crippen LogP contribution < -0.4 is 9.64 Å². The zero-order chi connectivity index (χ0) is 20.8. The zero-order valence-corrected chi connectivity index (χ0v) is 17.1. The molecule has 1 aromatic heterocycles. The number of carboxylic acid groups (broad SMARTS) is 1. The molecular formula is C21H24N2O5S. The van der Waals surface area contributed by atoms with Crippen molar-refractivity contribution in [3.05, 3.63) is 46.7 Å². The third-order valence-corrected chi connectivity index (χ3v) is 5.77. The summed E-state index contributed by atoms with van der Waals surface area (Å²) in [7, 11) is 1.53. The highest BCUT2D eigenvalue weighted by Gasteiger charge is 2.23. The molecule has 3 rings (SSSR count). The molecule has 8 heteroatoms. The Balaban J connectivity index is 1.76. The van der Waals surface area contributed by atoms with E-state index in [1.54, 1.807) is 22.3 Å². The lowest BCUT2D eigenvalue weighted by molar-refractivity contribution is -0.125. The van der Waals surface area contributed by atoms with Crippen LogP contribution in [-0.4, -0.2) is 47.9 Å². The quantitative estimate of drug-likeness (QED) is 0.691. The molecule has 0 spiro atoms. The topological polar surface area (TPSA) is 87.2 Å². The summed E-state index contributed by atoms with van der Waals surface area (Å²) in [6, 6.07) is 11.2. The number of Topliss-reactive ketones (excluding diaryl/α,β-unsaturated/α-hetero) is 1. The van der Waals surface area contributed by atoms with E-state index >= 15 is 0 Å². The predicted octanol–water partition coefficient (Wildman–Crippen LogP) is 3.95. The first-order valence-corrected chi connectivity index (χ1v) is 10.4. The molecular weight excluding hydrogens is 392 g/mol. The van der Waals surface area contributed by atoms with Crippen LogP contribution in [0.15, 0.2) is 41.8 Å². The molecule has 1 saturated heterocycles. The number of benzene rings is 1.